The maximum atomic E-state index is 7.17. The predicted molar refractivity (Wildman–Crippen MR) is 187 cm³/mol. The molecular formula is C41H40ClN. The standard InChI is InChI=1S/C41H40ClN/c1-26-31-22-18-27-12-7-9-16-32(27)37(31)40(2,3)34(26)23-19-29-14-11-15-30(39(29)42)21-25-36-41(4,5)38-33-17-10-8-13-28(33)20-24-35(38)43(36)6/h7-10,12-13,16-25H,11,14-15H2,1-6H3. The molecule has 216 valence electrons. The van der Waals surface area contributed by atoms with Crippen LogP contribution in [0.5, 0.6) is 0 Å². The van der Waals surface area contributed by atoms with Crippen LogP contribution in [0.4, 0.5) is 5.69 Å². The van der Waals surface area contributed by atoms with Crippen molar-refractivity contribution in [3.63, 3.8) is 0 Å². The monoisotopic (exact) mass is 581 g/mol. The predicted octanol–water partition coefficient (Wildman–Crippen LogP) is 11.5. The Morgan fingerprint density at radius 3 is 2.09 bits per heavy atom. The highest BCUT2D eigenvalue weighted by atomic mass is 35.5. The van der Waals surface area contributed by atoms with Gasteiger partial charge in [-0.25, -0.2) is 0 Å². The van der Waals surface area contributed by atoms with Gasteiger partial charge in [0.05, 0.1) is 0 Å². The normalized spacial score (nSPS) is 21.2. The van der Waals surface area contributed by atoms with E-state index in [0.717, 1.165) is 24.3 Å². The number of benzene rings is 4. The molecule has 7 rings (SSSR count). The molecule has 3 aliphatic rings. The van der Waals surface area contributed by atoms with Gasteiger partial charge in [0.1, 0.15) is 0 Å². The summed E-state index contributed by atoms with van der Waals surface area (Å²) >= 11 is 7.17. The van der Waals surface area contributed by atoms with Gasteiger partial charge in [-0.2, -0.15) is 0 Å². The van der Waals surface area contributed by atoms with Crippen molar-refractivity contribution in [3.8, 4) is 0 Å². The van der Waals surface area contributed by atoms with Crippen molar-refractivity contribution >= 4 is 44.4 Å². The summed E-state index contributed by atoms with van der Waals surface area (Å²) in [6, 6.07) is 26.6. The molecule has 0 unspecified atom stereocenters. The van der Waals surface area contributed by atoms with Gasteiger partial charge < -0.3 is 4.90 Å². The third kappa shape index (κ3) is 4.27. The van der Waals surface area contributed by atoms with E-state index in [4.69, 9.17) is 11.6 Å². The minimum Gasteiger partial charge on any atom is -0.347 e. The zero-order valence-electron chi connectivity index (χ0n) is 26.2. The lowest BCUT2D eigenvalue weighted by molar-refractivity contribution is 0.645. The number of hydrogen-bond acceptors (Lipinski definition) is 1. The van der Waals surface area contributed by atoms with Crippen LogP contribution >= 0.6 is 11.6 Å². The molecular weight excluding hydrogens is 542 g/mol. The summed E-state index contributed by atoms with van der Waals surface area (Å²) in [5.74, 6) is 0. The lowest BCUT2D eigenvalue weighted by atomic mass is 9.78. The maximum absolute atomic E-state index is 7.17. The average Bonchev–Trinajstić information content (AvgIpc) is 3.33. The van der Waals surface area contributed by atoms with E-state index in [2.05, 4.69) is 144 Å². The topological polar surface area (TPSA) is 3.24 Å². The maximum Gasteiger partial charge on any atom is 0.0469 e. The van der Waals surface area contributed by atoms with Crippen LogP contribution in [-0.4, -0.2) is 7.05 Å². The molecule has 2 aliphatic carbocycles. The van der Waals surface area contributed by atoms with Crippen LogP contribution < -0.4 is 4.90 Å². The Bertz CT molecular complexity index is 1970. The molecule has 0 amide bonds. The lowest BCUT2D eigenvalue weighted by Gasteiger charge is -2.25. The Labute approximate surface area is 261 Å². The van der Waals surface area contributed by atoms with Crippen molar-refractivity contribution in [1.82, 2.24) is 0 Å². The zero-order valence-corrected chi connectivity index (χ0v) is 26.9. The number of nitrogens with zero attached hydrogens (tertiary/aromatic N) is 1. The van der Waals surface area contributed by atoms with Crippen LogP contribution in [0.25, 0.3) is 27.1 Å². The summed E-state index contributed by atoms with van der Waals surface area (Å²) in [5.41, 5.74) is 11.9. The molecule has 43 heavy (non-hydrogen) atoms. The molecule has 1 heterocycles. The second-order valence-electron chi connectivity index (χ2n) is 13.5. The molecule has 0 fully saturated rings. The summed E-state index contributed by atoms with van der Waals surface area (Å²) in [6.07, 6.45) is 12.4. The van der Waals surface area contributed by atoms with Crippen LogP contribution in [0.15, 0.2) is 125 Å². The van der Waals surface area contributed by atoms with E-state index in [1.165, 1.54) is 71.9 Å². The van der Waals surface area contributed by atoms with Crippen LogP contribution in [0.2, 0.25) is 0 Å². The first-order valence-corrected chi connectivity index (χ1v) is 16.0. The zero-order chi connectivity index (χ0) is 30.1. The highest BCUT2D eigenvalue weighted by Crippen LogP contribution is 2.51. The summed E-state index contributed by atoms with van der Waals surface area (Å²) in [5, 5.41) is 6.21. The Kier molecular flexibility index (Phi) is 6.60. The molecule has 0 saturated carbocycles. The second kappa shape index (κ2) is 10.1. The summed E-state index contributed by atoms with van der Waals surface area (Å²) in [4.78, 5) is 2.36. The largest absolute Gasteiger partial charge is 0.347 e. The van der Waals surface area contributed by atoms with Gasteiger partial charge in [-0.1, -0.05) is 124 Å². The lowest BCUT2D eigenvalue weighted by Crippen LogP contribution is -2.22. The van der Waals surface area contributed by atoms with Gasteiger partial charge in [-0.05, 0) is 98.9 Å². The first-order valence-electron chi connectivity index (χ1n) is 15.6. The minimum absolute atomic E-state index is 0.0701. The highest BCUT2D eigenvalue weighted by molar-refractivity contribution is 6.32. The SMILES string of the molecule is CC1=C(C=CC2=C(Cl)C(=CC=C3N(C)c4ccc5ccccc5c4C3(C)C)CCC2)C(C)(C)c2c1ccc1ccccc21. The van der Waals surface area contributed by atoms with Crippen LogP contribution in [0.1, 0.15) is 70.6 Å². The third-order valence-corrected chi connectivity index (χ3v) is 10.8. The van der Waals surface area contributed by atoms with Gasteiger partial charge in [-0.15, -0.1) is 0 Å². The van der Waals surface area contributed by atoms with Gasteiger partial charge in [0.15, 0.2) is 0 Å². The molecule has 0 N–H and O–H groups in total. The fraction of sp³-hybridized carbons (Fsp3) is 0.268. The molecule has 1 nitrogen and oxygen atoms in total. The van der Waals surface area contributed by atoms with E-state index in [0.29, 0.717) is 0 Å². The van der Waals surface area contributed by atoms with Gasteiger partial charge in [0.2, 0.25) is 0 Å². The number of hydrogen-bond donors (Lipinski definition) is 0. The summed E-state index contributed by atoms with van der Waals surface area (Å²) in [6.45, 7) is 11.7. The Morgan fingerprint density at radius 2 is 1.37 bits per heavy atom. The first kappa shape index (κ1) is 28.0. The van der Waals surface area contributed by atoms with Gasteiger partial charge in [0, 0.05) is 34.3 Å². The van der Waals surface area contributed by atoms with E-state index in [9.17, 15) is 0 Å². The molecule has 0 saturated heterocycles. The van der Waals surface area contributed by atoms with Crippen molar-refractivity contribution in [3.05, 3.63) is 141 Å². The molecule has 2 heteroatoms. The number of anilines is 1. The fourth-order valence-electron chi connectivity index (χ4n) is 8.10. The highest BCUT2D eigenvalue weighted by Gasteiger charge is 2.40. The molecule has 1 aliphatic heterocycles. The van der Waals surface area contributed by atoms with Crippen molar-refractivity contribution in [1.29, 1.82) is 0 Å². The molecule has 0 spiro atoms. The van der Waals surface area contributed by atoms with E-state index in [1.54, 1.807) is 0 Å². The van der Waals surface area contributed by atoms with Crippen molar-refractivity contribution in [2.45, 2.75) is 64.7 Å². The second-order valence-corrected chi connectivity index (χ2v) is 13.9. The Balaban J connectivity index is 1.22. The molecule has 0 atom stereocenters. The van der Waals surface area contributed by atoms with Crippen LogP contribution in [-0.2, 0) is 10.8 Å². The van der Waals surface area contributed by atoms with Gasteiger partial charge >= 0.3 is 0 Å². The van der Waals surface area contributed by atoms with Crippen LogP contribution in [0.3, 0.4) is 0 Å². The van der Waals surface area contributed by atoms with Gasteiger partial charge in [0.25, 0.3) is 0 Å². The minimum atomic E-state index is -0.104. The number of likely N-dealkylation sites (N-methyl/N-ethyl adjacent to an activating group) is 1. The summed E-state index contributed by atoms with van der Waals surface area (Å²) in [7, 11) is 2.19. The molecule has 4 aromatic rings. The van der Waals surface area contributed by atoms with Crippen molar-refractivity contribution in [2.75, 3.05) is 11.9 Å². The summed E-state index contributed by atoms with van der Waals surface area (Å²) < 4.78 is 0. The molecule has 4 aromatic carbocycles. The van der Waals surface area contributed by atoms with Crippen LogP contribution in [0, 0.1) is 0 Å². The average molecular weight is 582 g/mol. The van der Waals surface area contributed by atoms with Gasteiger partial charge in [-0.3, -0.25) is 0 Å². The Morgan fingerprint density at radius 1 is 0.721 bits per heavy atom. The quantitative estimate of drug-likeness (QED) is 0.232. The molecule has 0 radical (unpaired) electrons. The molecule has 0 aromatic heterocycles. The van der Waals surface area contributed by atoms with Crippen molar-refractivity contribution in [2.24, 2.45) is 0 Å². The number of fused-ring (bicyclic) bond motifs is 6. The first-order chi connectivity index (χ1) is 20.6. The smallest absolute Gasteiger partial charge is 0.0469 e. The van der Waals surface area contributed by atoms with E-state index >= 15 is 0 Å². The van der Waals surface area contributed by atoms with E-state index in [-0.39, 0.29) is 10.8 Å². The van der Waals surface area contributed by atoms with Crippen molar-refractivity contribution < 1.29 is 0 Å². The Hall–Kier alpha value is -3.81. The van der Waals surface area contributed by atoms with E-state index in [1.807, 2.05) is 0 Å². The number of halogens is 1. The number of rotatable bonds is 3. The number of allylic oxidation sites excluding steroid dienone is 10. The molecule has 0 bridgehead atoms. The third-order valence-electron chi connectivity index (χ3n) is 10.3. The van der Waals surface area contributed by atoms with E-state index < -0.39 is 0 Å². The fourth-order valence-corrected chi connectivity index (χ4v) is 8.42.